The Morgan fingerprint density at radius 3 is 2.44 bits per heavy atom. The number of carbonyl (C=O) groups is 2. The fourth-order valence-corrected chi connectivity index (χ4v) is 4.42. The van der Waals surface area contributed by atoms with Crippen LogP contribution in [-0.4, -0.2) is 42.0 Å². The zero-order chi connectivity index (χ0) is 27.9. The van der Waals surface area contributed by atoms with Crippen LogP contribution in [0.25, 0.3) is 5.76 Å². The number of likely N-dealkylation sites (tertiary alicyclic amines) is 1. The number of rotatable bonds is 12. The van der Waals surface area contributed by atoms with Crippen LogP contribution in [0.1, 0.15) is 56.5 Å². The Bertz CT molecular complexity index is 1310. The summed E-state index contributed by atoms with van der Waals surface area (Å²) in [7, 11) is 1.54. The van der Waals surface area contributed by atoms with Crippen molar-refractivity contribution >= 4 is 17.4 Å². The van der Waals surface area contributed by atoms with Crippen molar-refractivity contribution in [3.05, 3.63) is 83.3 Å². The van der Waals surface area contributed by atoms with E-state index in [-0.39, 0.29) is 17.9 Å². The van der Waals surface area contributed by atoms with Crippen LogP contribution in [0.2, 0.25) is 0 Å². The number of ether oxygens (including phenoxy) is 3. The van der Waals surface area contributed by atoms with Gasteiger partial charge in [0.15, 0.2) is 11.5 Å². The first kappa shape index (κ1) is 27.8. The summed E-state index contributed by atoms with van der Waals surface area (Å²) in [6.45, 7) is 7.42. The number of aliphatic hydroxyl groups excluding tert-OH is 1. The van der Waals surface area contributed by atoms with Crippen molar-refractivity contribution in [1.82, 2.24) is 4.90 Å². The lowest BCUT2D eigenvalue weighted by Crippen LogP contribution is -2.29. The van der Waals surface area contributed by atoms with E-state index in [0.717, 1.165) is 12.8 Å². The minimum absolute atomic E-state index is 0.00990. The summed E-state index contributed by atoms with van der Waals surface area (Å²) in [5.41, 5.74) is 0.989. The second kappa shape index (κ2) is 12.6. The molecule has 0 unspecified atom stereocenters. The van der Waals surface area contributed by atoms with Gasteiger partial charge in [-0.2, -0.15) is 0 Å². The van der Waals surface area contributed by atoms with Gasteiger partial charge in [0, 0.05) is 5.56 Å². The van der Waals surface area contributed by atoms with E-state index in [1.165, 1.54) is 18.3 Å². The number of methoxy groups -OCH3 is 1. The second-order valence-corrected chi connectivity index (χ2v) is 9.82. The van der Waals surface area contributed by atoms with Gasteiger partial charge in [0.05, 0.1) is 44.7 Å². The van der Waals surface area contributed by atoms with Crippen molar-refractivity contribution in [1.29, 1.82) is 0 Å². The molecule has 1 aromatic heterocycles. The summed E-state index contributed by atoms with van der Waals surface area (Å²) in [5, 5.41) is 11.4. The number of benzene rings is 2. The Morgan fingerprint density at radius 2 is 1.79 bits per heavy atom. The van der Waals surface area contributed by atoms with Gasteiger partial charge in [-0.05, 0) is 72.9 Å². The van der Waals surface area contributed by atoms with Crippen molar-refractivity contribution in [3.8, 4) is 17.2 Å². The Labute approximate surface area is 228 Å². The second-order valence-electron chi connectivity index (χ2n) is 9.82. The lowest BCUT2D eigenvalue weighted by Gasteiger charge is -2.25. The van der Waals surface area contributed by atoms with Crippen molar-refractivity contribution in [2.75, 3.05) is 20.3 Å². The predicted octanol–water partition coefficient (Wildman–Crippen LogP) is 6.12. The normalized spacial score (nSPS) is 16.6. The molecule has 1 fully saturated rings. The lowest BCUT2D eigenvalue weighted by atomic mass is 9.95. The molecular formula is C31H35NO7. The molecule has 3 aromatic rings. The van der Waals surface area contributed by atoms with Gasteiger partial charge in [-0.15, -0.1) is 0 Å². The number of carbonyl (C=O) groups excluding carboxylic acids is 2. The zero-order valence-corrected chi connectivity index (χ0v) is 22.8. The van der Waals surface area contributed by atoms with Crippen molar-refractivity contribution in [3.63, 3.8) is 0 Å². The summed E-state index contributed by atoms with van der Waals surface area (Å²) in [4.78, 5) is 28.0. The maximum absolute atomic E-state index is 13.4. The molecule has 8 heteroatoms. The fourth-order valence-electron chi connectivity index (χ4n) is 4.42. The number of Topliss-reactive ketones (excluding diaryl/α,β-unsaturated/α-hetero) is 1. The highest BCUT2D eigenvalue weighted by Gasteiger charge is 2.46. The number of hydrogen-bond acceptors (Lipinski definition) is 7. The molecule has 1 amide bonds. The van der Waals surface area contributed by atoms with Crippen LogP contribution >= 0.6 is 0 Å². The van der Waals surface area contributed by atoms with Gasteiger partial charge < -0.3 is 28.6 Å². The molecule has 39 heavy (non-hydrogen) atoms. The standard InChI is InChI=1S/C31H35NO7/c1-5-15-37-23-11-8-21(9-12-23)29(33)27-28(32(31(35)30(27)34)19-24-7-6-16-38-24)22-10-13-25(26(18-22)36-4)39-17-14-20(2)3/h6-13,16,18,20,28,33H,5,14-15,17,19H2,1-4H3/t28-/m1/s1. The molecular weight excluding hydrogens is 498 g/mol. The summed E-state index contributed by atoms with van der Waals surface area (Å²) < 4.78 is 22.6. The van der Waals surface area contributed by atoms with Crippen LogP contribution in [0, 0.1) is 5.92 Å². The first-order valence-electron chi connectivity index (χ1n) is 13.2. The quantitative estimate of drug-likeness (QED) is 0.170. The van der Waals surface area contributed by atoms with Gasteiger partial charge in [0.1, 0.15) is 17.3 Å². The van der Waals surface area contributed by atoms with Crippen molar-refractivity contribution in [2.45, 2.75) is 46.2 Å². The van der Waals surface area contributed by atoms with Gasteiger partial charge in [-0.25, -0.2) is 0 Å². The van der Waals surface area contributed by atoms with E-state index in [4.69, 9.17) is 18.6 Å². The van der Waals surface area contributed by atoms with Crippen LogP contribution in [0.15, 0.2) is 70.9 Å². The average Bonchev–Trinajstić information content (AvgIpc) is 3.54. The topological polar surface area (TPSA) is 98.4 Å². The maximum atomic E-state index is 13.4. The molecule has 4 rings (SSSR count). The Morgan fingerprint density at radius 1 is 1.03 bits per heavy atom. The summed E-state index contributed by atoms with van der Waals surface area (Å²) in [6.07, 6.45) is 3.26. The minimum Gasteiger partial charge on any atom is -0.507 e. The molecule has 0 saturated carbocycles. The first-order valence-corrected chi connectivity index (χ1v) is 13.2. The molecule has 1 aliphatic rings. The van der Waals surface area contributed by atoms with E-state index < -0.39 is 17.7 Å². The van der Waals surface area contributed by atoms with E-state index in [1.54, 1.807) is 54.6 Å². The summed E-state index contributed by atoms with van der Waals surface area (Å²) in [6, 6.07) is 14.7. The SMILES string of the molecule is CCCOc1ccc(C(O)=C2C(=O)C(=O)N(Cc3ccco3)[C@@H]2c2ccc(OCCC(C)C)c(OC)c2)cc1. The highest BCUT2D eigenvalue weighted by molar-refractivity contribution is 6.46. The largest absolute Gasteiger partial charge is 0.507 e. The highest BCUT2D eigenvalue weighted by Crippen LogP contribution is 2.43. The number of hydrogen-bond donors (Lipinski definition) is 1. The summed E-state index contributed by atoms with van der Waals surface area (Å²) >= 11 is 0. The number of ketones is 1. The van der Waals surface area contributed by atoms with E-state index in [2.05, 4.69) is 13.8 Å². The van der Waals surface area contributed by atoms with E-state index in [9.17, 15) is 14.7 Å². The third-order valence-electron chi connectivity index (χ3n) is 6.50. The van der Waals surface area contributed by atoms with Crippen LogP contribution in [-0.2, 0) is 16.1 Å². The molecule has 2 aromatic carbocycles. The smallest absolute Gasteiger partial charge is 0.296 e. The molecule has 0 spiro atoms. The lowest BCUT2D eigenvalue weighted by molar-refractivity contribution is -0.140. The highest BCUT2D eigenvalue weighted by atomic mass is 16.5. The van der Waals surface area contributed by atoms with Crippen LogP contribution in [0.4, 0.5) is 0 Å². The molecule has 0 bridgehead atoms. The third kappa shape index (κ3) is 6.28. The molecule has 206 valence electrons. The molecule has 1 aliphatic heterocycles. The Kier molecular flexibility index (Phi) is 8.96. The molecule has 1 atom stereocenters. The third-order valence-corrected chi connectivity index (χ3v) is 6.50. The molecule has 0 aliphatic carbocycles. The Balaban J connectivity index is 1.76. The molecule has 8 nitrogen and oxygen atoms in total. The van der Waals surface area contributed by atoms with Gasteiger partial charge in [0.2, 0.25) is 0 Å². The number of nitrogens with zero attached hydrogens (tertiary/aromatic N) is 1. The van der Waals surface area contributed by atoms with E-state index in [1.807, 2.05) is 6.92 Å². The number of aliphatic hydroxyl groups is 1. The first-order chi connectivity index (χ1) is 18.8. The number of amides is 1. The van der Waals surface area contributed by atoms with Gasteiger partial charge in [-0.1, -0.05) is 26.8 Å². The van der Waals surface area contributed by atoms with Crippen molar-refractivity contribution in [2.24, 2.45) is 5.92 Å². The molecule has 2 heterocycles. The minimum atomic E-state index is -0.871. The average molecular weight is 534 g/mol. The number of furan rings is 1. The fraction of sp³-hybridized carbons (Fsp3) is 0.355. The Hall–Kier alpha value is -4.20. The van der Waals surface area contributed by atoms with E-state index in [0.29, 0.717) is 53.3 Å². The zero-order valence-electron chi connectivity index (χ0n) is 22.8. The monoisotopic (exact) mass is 533 g/mol. The van der Waals surface area contributed by atoms with E-state index >= 15 is 0 Å². The van der Waals surface area contributed by atoms with Crippen LogP contribution < -0.4 is 14.2 Å². The molecule has 1 N–H and O–H groups in total. The van der Waals surface area contributed by atoms with Crippen LogP contribution in [0.5, 0.6) is 17.2 Å². The van der Waals surface area contributed by atoms with Gasteiger partial charge >= 0.3 is 0 Å². The maximum Gasteiger partial charge on any atom is 0.296 e. The summed E-state index contributed by atoms with van der Waals surface area (Å²) in [5.74, 6) is 0.928. The van der Waals surface area contributed by atoms with Gasteiger partial charge in [0.25, 0.3) is 11.7 Å². The van der Waals surface area contributed by atoms with Crippen LogP contribution in [0.3, 0.4) is 0 Å². The molecule has 1 saturated heterocycles. The predicted molar refractivity (Wildman–Crippen MR) is 147 cm³/mol. The van der Waals surface area contributed by atoms with Gasteiger partial charge in [-0.3, -0.25) is 9.59 Å². The van der Waals surface area contributed by atoms with Crippen molar-refractivity contribution < 1.29 is 33.3 Å². The molecule has 0 radical (unpaired) electrons.